The molecule has 0 radical (unpaired) electrons. The summed E-state index contributed by atoms with van der Waals surface area (Å²) >= 11 is 0. The van der Waals surface area contributed by atoms with Crippen LogP contribution in [0, 0.1) is 23.2 Å². The van der Waals surface area contributed by atoms with E-state index in [-0.39, 0.29) is 0 Å². The number of hydrogen-bond donors (Lipinski definition) is 1. The third-order valence-corrected chi connectivity index (χ3v) is 6.66. The van der Waals surface area contributed by atoms with Gasteiger partial charge in [-0.1, -0.05) is 26.7 Å². The van der Waals surface area contributed by atoms with E-state index < -0.39 is 0 Å². The van der Waals surface area contributed by atoms with Crippen LogP contribution < -0.4 is 5.32 Å². The summed E-state index contributed by atoms with van der Waals surface area (Å²) in [5.74, 6) is 4.00. The fraction of sp³-hybridized carbons (Fsp3) is 0.833. The summed E-state index contributed by atoms with van der Waals surface area (Å²) < 4.78 is 2.35. The summed E-state index contributed by atoms with van der Waals surface area (Å²) in [7, 11) is 0. The van der Waals surface area contributed by atoms with E-state index in [0.29, 0.717) is 5.41 Å². The van der Waals surface area contributed by atoms with Gasteiger partial charge in [0, 0.05) is 31.4 Å². The minimum Gasteiger partial charge on any atom is -0.335 e. The maximum Gasteiger partial charge on any atom is 0.108 e. The third-order valence-electron chi connectivity index (χ3n) is 6.66. The zero-order valence-electron chi connectivity index (χ0n) is 13.5. The summed E-state index contributed by atoms with van der Waals surface area (Å²) in [5.41, 5.74) is 0.514. The summed E-state index contributed by atoms with van der Waals surface area (Å²) in [5, 5.41) is 3.97. The van der Waals surface area contributed by atoms with Gasteiger partial charge in [0.05, 0.1) is 0 Å². The maximum atomic E-state index is 4.43. The number of hydrogen-bond acceptors (Lipinski definition) is 2. The largest absolute Gasteiger partial charge is 0.335 e. The number of aryl methyl sites for hydroxylation is 1. The van der Waals surface area contributed by atoms with Gasteiger partial charge in [-0.2, -0.15) is 0 Å². The van der Waals surface area contributed by atoms with Gasteiger partial charge >= 0.3 is 0 Å². The Bertz CT molecular complexity index is 504. The van der Waals surface area contributed by atoms with Crippen molar-refractivity contribution in [3.05, 3.63) is 18.2 Å². The van der Waals surface area contributed by atoms with Crippen LogP contribution in [0.5, 0.6) is 0 Å². The van der Waals surface area contributed by atoms with Crippen LogP contribution in [0.3, 0.4) is 0 Å². The average Bonchev–Trinajstić information content (AvgIpc) is 2.95. The first-order valence-electron chi connectivity index (χ1n) is 8.89. The van der Waals surface area contributed by atoms with Crippen LogP contribution in [-0.4, -0.2) is 22.1 Å². The van der Waals surface area contributed by atoms with Crippen LogP contribution in [0.4, 0.5) is 0 Å². The molecule has 4 atom stereocenters. The Morgan fingerprint density at radius 1 is 1.29 bits per heavy atom. The van der Waals surface area contributed by atoms with Crippen LogP contribution in [0.25, 0.3) is 0 Å². The molecule has 2 saturated carbocycles. The average molecular weight is 287 g/mol. The van der Waals surface area contributed by atoms with E-state index in [1.807, 2.05) is 6.20 Å². The highest BCUT2D eigenvalue weighted by Gasteiger charge is 2.55. The second-order valence-corrected chi connectivity index (χ2v) is 8.16. The molecule has 3 heteroatoms. The van der Waals surface area contributed by atoms with Crippen molar-refractivity contribution < 1.29 is 0 Å². The first-order chi connectivity index (χ1) is 10.2. The first-order valence-corrected chi connectivity index (χ1v) is 8.89. The second-order valence-electron chi connectivity index (χ2n) is 8.16. The van der Waals surface area contributed by atoms with Gasteiger partial charge in [0.1, 0.15) is 5.82 Å². The predicted molar refractivity (Wildman–Crippen MR) is 85.1 cm³/mol. The van der Waals surface area contributed by atoms with Gasteiger partial charge in [-0.05, 0) is 49.0 Å². The van der Waals surface area contributed by atoms with Crippen molar-refractivity contribution in [3.8, 4) is 0 Å². The molecule has 116 valence electrons. The second kappa shape index (κ2) is 5.12. The Hall–Kier alpha value is -0.830. The van der Waals surface area contributed by atoms with Crippen LogP contribution in [0.1, 0.15) is 51.8 Å². The summed E-state index contributed by atoms with van der Waals surface area (Å²) in [6.45, 7) is 7.33. The van der Waals surface area contributed by atoms with Crippen molar-refractivity contribution in [2.75, 3.05) is 6.54 Å². The standard InChI is InChI=1S/C18H29N3/c1-18(2)15-6-4-3-5-14(15)17(18)20-11-13-7-8-16-19-9-10-21(16)12-13/h9-10,13-15,17,20H,3-8,11-12H2,1-2H3/t13-,14+,15-,17+/m0/s1. The molecule has 0 amide bonds. The molecule has 3 aliphatic rings. The Labute approximate surface area is 128 Å². The SMILES string of the molecule is CC1(C)[C@H](NC[C@@H]2CCc3nccn3C2)[C@@H]2CCCC[C@@H]21. The van der Waals surface area contributed by atoms with E-state index in [1.54, 1.807) is 0 Å². The number of nitrogens with zero attached hydrogens (tertiary/aromatic N) is 2. The molecule has 0 saturated heterocycles. The smallest absolute Gasteiger partial charge is 0.108 e. The normalized spacial score (nSPS) is 37.4. The molecule has 3 nitrogen and oxygen atoms in total. The number of nitrogens with one attached hydrogen (secondary N) is 1. The highest BCUT2D eigenvalue weighted by Crippen LogP contribution is 2.57. The molecule has 0 unspecified atom stereocenters. The zero-order valence-corrected chi connectivity index (χ0v) is 13.5. The van der Waals surface area contributed by atoms with E-state index >= 15 is 0 Å². The number of aromatic nitrogens is 2. The topological polar surface area (TPSA) is 29.9 Å². The van der Waals surface area contributed by atoms with Crippen molar-refractivity contribution in [1.29, 1.82) is 0 Å². The van der Waals surface area contributed by atoms with Gasteiger partial charge in [-0.15, -0.1) is 0 Å². The molecule has 1 aromatic heterocycles. The lowest BCUT2D eigenvalue weighted by atomic mass is 9.47. The van der Waals surface area contributed by atoms with E-state index in [1.165, 1.54) is 44.5 Å². The molecule has 2 heterocycles. The number of imidazole rings is 1. The lowest BCUT2D eigenvalue weighted by molar-refractivity contribution is -0.0888. The van der Waals surface area contributed by atoms with Gasteiger partial charge in [-0.3, -0.25) is 0 Å². The Morgan fingerprint density at radius 2 is 2.14 bits per heavy atom. The third kappa shape index (κ3) is 2.25. The van der Waals surface area contributed by atoms with E-state index in [9.17, 15) is 0 Å². The predicted octanol–water partition coefficient (Wildman–Crippen LogP) is 3.25. The van der Waals surface area contributed by atoms with Crippen LogP contribution in [-0.2, 0) is 13.0 Å². The van der Waals surface area contributed by atoms with E-state index in [4.69, 9.17) is 0 Å². The van der Waals surface area contributed by atoms with Crippen molar-refractivity contribution in [2.24, 2.45) is 23.2 Å². The molecular formula is C18H29N3. The van der Waals surface area contributed by atoms with Crippen LogP contribution >= 0.6 is 0 Å². The van der Waals surface area contributed by atoms with Crippen LogP contribution in [0.15, 0.2) is 12.4 Å². The molecule has 1 aromatic rings. The fourth-order valence-electron chi connectivity index (χ4n) is 5.46. The zero-order chi connectivity index (χ0) is 14.4. The minimum atomic E-state index is 0.514. The number of rotatable bonds is 3. The molecule has 4 rings (SSSR count). The minimum absolute atomic E-state index is 0.514. The number of fused-ring (bicyclic) bond motifs is 2. The fourth-order valence-corrected chi connectivity index (χ4v) is 5.46. The first kappa shape index (κ1) is 13.8. The Balaban J connectivity index is 1.35. The summed E-state index contributed by atoms with van der Waals surface area (Å²) in [6, 6.07) is 0.756. The molecule has 2 aliphatic carbocycles. The summed E-state index contributed by atoms with van der Waals surface area (Å²) in [6.07, 6.45) is 12.4. The Morgan fingerprint density at radius 3 is 3.05 bits per heavy atom. The van der Waals surface area contributed by atoms with Crippen molar-refractivity contribution in [1.82, 2.24) is 14.9 Å². The quantitative estimate of drug-likeness (QED) is 0.925. The van der Waals surface area contributed by atoms with E-state index in [0.717, 1.165) is 36.8 Å². The lowest BCUT2D eigenvalue weighted by Gasteiger charge is -2.61. The maximum absolute atomic E-state index is 4.43. The highest BCUT2D eigenvalue weighted by molar-refractivity contribution is 5.09. The van der Waals surface area contributed by atoms with Gasteiger partial charge in [0.15, 0.2) is 0 Å². The molecule has 2 fully saturated rings. The van der Waals surface area contributed by atoms with E-state index in [2.05, 4.69) is 34.9 Å². The van der Waals surface area contributed by atoms with Crippen molar-refractivity contribution in [3.63, 3.8) is 0 Å². The van der Waals surface area contributed by atoms with Crippen molar-refractivity contribution >= 4 is 0 Å². The summed E-state index contributed by atoms with van der Waals surface area (Å²) in [4.78, 5) is 4.43. The van der Waals surface area contributed by atoms with Gasteiger partial charge in [0.2, 0.25) is 0 Å². The molecule has 0 bridgehead atoms. The van der Waals surface area contributed by atoms with Gasteiger partial charge < -0.3 is 9.88 Å². The van der Waals surface area contributed by atoms with Gasteiger partial charge in [-0.25, -0.2) is 4.98 Å². The van der Waals surface area contributed by atoms with Gasteiger partial charge in [0.25, 0.3) is 0 Å². The molecule has 21 heavy (non-hydrogen) atoms. The Kier molecular flexibility index (Phi) is 3.36. The molecule has 1 aliphatic heterocycles. The van der Waals surface area contributed by atoms with Crippen LogP contribution in [0.2, 0.25) is 0 Å². The molecule has 0 aromatic carbocycles. The molecule has 1 N–H and O–H groups in total. The highest BCUT2D eigenvalue weighted by atomic mass is 15.1. The van der Waals surface area contributed by atoms with Crippen molar-refractivity contribution in [2.45, 2.75) is 65.0 Å². The molecule has 0 spiro atoms. The monoisotopic (exact) mass is 287 g/mol. The molecular weight excluding hydrogens is 258 g/mol. The lowest BCUT2D eigenvalue weighted by Crippen LogP contribution is -2.65.